The molecule has 1 heterocycles. The van der Waals surface area contributed by atoms with Crippen LogP contribution in [0.25, 0.3) is 0 Å². The summed E-state index contributed by atoms with van der Waals surface area (Å²) < 4.78 is 0. The quantitative estimate of drug-likeness (QED) is 0.866. The van der Waals surface area contributed by atoms with E-state index in [0.717, 1.165) is 17.8 Å². The average molecular weight is 257 g/mol. The standard InChI is InChI=1S/C18H27N/c1-14(2)16-11-18(12-16)8-9-19-13-17(18)10-15-6-4-3-5-7-15/h3-7,14,16-17,19H,8-13H2,1-2H3. The van der Waals surface area contributed by atoms with Gasteiger partial charge >= 0.3 is 0 Å². The molecule has 19 heavy (non-hydrogen) atoms. The Morgan fingerprint density at radius 2 is 1.95 bits per heavy atom. The Morgan fingerprint density at radius 3 is 2.63 bits per heavy atom. The van der Waals surface area contributed by atoms with Crippen LogP contribution in [0.4, 0.5) is 0 Å². The summed E-state index contributed by atoms with van der Waals surface area (Å²) in [4.78, 5) is 0. The smallest absolute Gasteiger partial charge is 0.00120 e. The summed E-state index contributed by atoms with van der Waals surface area (Å²) >= 11 is 0. The van der Waals surface area contributed by atoms with Crippen molar-refractivity contribution in [3.63, 3.8) is 0 Å². The van der Waals surface area contributed by atoms with E-state index in [4.69, 9.17) is 0 Å². The van der Waals surface area contributed by atoms with Crippen molar-refractivity contribution in [1.29, 1.82) is 0 Å². The predicted octanol–water partition coefficient (Wildman–Crippen LogP) is 3.89. The van der Waals surface area contributed by atoms with Crippen LogP contribution in [0, 0.1) is 23.2 Å². The molecule has 1 spiro atoms. The van der Waals surface area contributed by atoms with E-state index in [0.29, 0.717) is 5.41 Å². The molecule has 1 saturated carbocycles. The topological polar surface area (TPSA) is 12.0 Å². The minimum absolute atomic E-state index is 0.663. The van der Waals surface area contributed by atoms with Gasteiger partial charge in [-0.25, -0.2) is 0 Å². The van der Waals surface area contributed by atoms with Crippen LogP contribution in [-0.2, 0) is 6.42 Å². The van der Waals surface area contributed by atoms with E-state index in [9.17, 15) is 0 Å². The van der Waals surface area contributed by atoms with Crippen molar-refractivity contribution in [2.45, 2.75) is 39.5 Å². The molecular formula is C18H27N. The summed E-state index contributed by atoms with van der Waals surface area (Å²) in [7, 11) is 0. The van der Waals surface area contributed by atoms with E-state index in [2.05, 4.69) is 49.5 Å². The molecule has 1 heteroatoms. The molecule has 2 fully saturated rings. The highest BCUT2D eigenvalue weighted by Gasteiger charge is 2.50. The Balaban J connectivity index is 1.69. The summed E-state index contributed by atoms with van der Waals surface area (Å²) in [5, 5.41) is 3.62. The molecule has 2 aliphatic rings. The Bertz CT molecular complexity index is 403. The van der Waals surface area contributed by atoms with Gasteiger partial charge in [0.25, 0.3) is 0 Å². The summed E-state index contributed by atoms with van der Waals surface area (Å²) in [5.74, 6) is 2.70. The van der Waals surface area contributed by atoms with E-state index < -0.39 is 0 Å². The zero-order valence-corrected chi connectivity index (χ0v) is 12.4. The van der Waals surface area contributed by atoms with Gasteiger partial charge < -0.3 is 5.32 Å². The lowest BCUT2D eigenvalue weighted by molar-refractivity contribution is -0.0504. The van der Waals surface area contributed by atoms with Gasteiger partial charge in [0.05, 0.1) is 0 Å². The first-order chi connectivity index (χ1) is 9.20. The maximum Gasteiger partial charge on any atom is -0.00120 e. The third kappa shape index (κ3) is 2.58. The molecule has 1 aliphatic carbocycles. The van der Waals surface area contributed by atoms with Crippen LogP contribution < -0.4 is 5.32 Å². The zero-order chi connectivity index (χ0) is 13.3. The Hall–Kier alpha value is -0.820. The van der Waals surface area contributed by atoms with Gasteiger partial charge in [0.2, 0.25) is 0 Å². The highest BCUT2D eigenvalue weighted by Crippen LogP contribution is 2.57. The largest absolute Gasteiger partial charge is 0.316 e. The van der Waals surface area contributed by atoms with Crippen LogP contribution in [-0.4, -0.2) is 13.1 Å². The molecule has 1 aromatic rings. The van der Waals surface area contributed by atoms with Crippen molar-refractivity contribution >= 4 is 0 Å². The van der Waals surface area contributed by atoms with Crippen molar-refractivity contribution in [2.24, 2.45) is 23.2 Å². The molecule has 1 atom stereocenters. The van der Waals surface area contributed by atoms with Crippen molar-refractivity contribution in [1.82, 2.24) is 5.32 Å². The van der Waals surface area contributed by atoms with Crippen LogP contribution in [0.1, 0.15) is 38.7 Å². The van der Waals surface area contributed by atoms with E-state index in [-0.39, 0.29) is 0 Å². The Labute approximate surface area is 117 Å². The molecule has 1 unspecified atom stereocenters. The van der Waals surface area contributed by atoms with E-state index >= 15 is 0 Å². The molecule has 0 radical (unpaired) electrons. The van der Waals surface area contributed by atoms with Gasteiger partial charge in [0.1, 0.15) is 0 Å². The third-order valence-electron chi connectivity index (χ3n) is 5.66. The Morgan fingerprint density at radius 1 is 1.21 bits per heavy atom. The van der Waals surface area contributed by atoms with Gasteiger partial charge in [0, 0.05) is 0 Å². The van der Waals surface area contributed by atoms with Gasteiger partial charge in [-0.3, -0.25) is 0 Å². The maximum absolute atomic E-state index is 3.62. The summed E-state index contributed by atoms with van der Waals surface area (Å²) in [5.41, 5.74) is 2.18. The molecule has 1 N–H and O–H groups in total. The molecule has 0 aromatic heterocycles. The fourth-order valence-electron chi connectivity index (χ4n) is 4.21. The highest BCUT2D eigenvalue weighted by atomic mass is 14.9. The lowest BCUT2D eigenvalue weighted by Gasteiger charge is -2.56. The SMILES string of the molecule is CC(C)C1CC2(CCNCC2Cc2ccccc2)C1. The first-order valence-electron chi connectivity index (χ1n) is 7.94. The van der Waals surface area contributed by atoms with Gasteiger partial charge in [-0.15, -0.1) is 0 Å². The highest BCUT2D eigenvalue weighted by molar-refractivity contribution is 5.17. The molecule has 1 saturated heterocycles. The fourth-order valence-corrected chi connectivity index (χ4v) is 4.21. The molecule has 1 aliphatic heterocycles. The van der Waals surface area contributed by atoms with E-state index in [1.54, 1.807) is 0 Å². The van der Waals surface area contributed by atoms with Crippen LogP contribution in [0.2, 0.25) is 0 Å². The molecule has 0 amide bonds. The summed E-state index contributed by atoms with van der Waals surface area (Å²) in [6.45, 7) is 7.24. The zero-order valence-electron chi connectivity index (χ0n) is 12.4. The van der Waals surface area contributed by atoms with E-state index in [1.165, 1.54) is 44.3 Å². The van der Waals surface area contributed by atoms with Gasteiger partial charge in [0.15, 0.2) is 0 Å². The van der Waals surface area contributed by atoms with Crippen LogP contribution in [0.5, 0.6) is 0 Å². The number of benzene rings is 1. The number of rotatable bonds is 3. The fraction of sp³-hybridized carbons (Fsp3) is 0.667. The van der Waals surface area contributed by atoms with Crippen LogP contribution in [0.3, 0.4) is 0 Å². The average Bonchev–Trinajstić information content (AvgIpc) is 2.38. The predicted molar refractivity (Wildman–Crippen MR) is 81.1 cm³/mol. The van der Waals surface area contributed by atoms with Crippen molar-refractivity contribution in [3.8, 4) is 0 Å². The number of piperidine rings is 1. The molecular weight excluding hydrogens is 230 g/mol. The van der Waals surface area contributed by atoms with Gasteiger partial charge in [-0.1, -0.05) is 44.2 Å². The minimum Gasteiger partial charge on any atom is -0.316 e. The van der Waals surface area contributed by atoms with Crippen LogP contribution >= 0.6 is 0 Å². The maximum atomic E-state index is 3.62. The van der Waals surface area contributed by atoms with E-state index in [1.807, 2.05) is 0 Å². The summed E-state index contributed by atoms with van der Waals surface area (Å²) in [6, 6.07) is 11.1. The molecule has 3 rings (SSSR count). The molecule has 0 bridgehead atoms. The number of nitrogens with one attached hydrogen (secondary N) is 1. The third-order valence-corrected chi connectivity index (χ3v) is 5.66. The second kappa shape index (κ2) is 5.28. The summed E-state index contributed by atoms with van der Waals surface area (Å²) in [6.07, 6.45) is 5.61. The van der Waals surface area contributed by atoms with Crippen molar-refractivity contribution < 1.29 is 0 Å². The first-order valence-corrected chi connectivity index (χ1v) is 7.94. The minimum atomic E-state index is 0.663. The monoisotopic (exact) mass is 257 g/mol. The molecule has 1 nitrogen and oxygen atoms in total. The first kappa shape index (κ1) is 13.2. The number of hydrogen-bond donors (Lipinski definition) is 1. The van der Waals surface area contributed by atoms with Gasteiger partial charge in [-0.05, 0) is 67.5 Å². The van der Waals surface area contributed by atoms with Gasteiger partial charge in [-0.2, -0.15) is 0 Å². The number of hydrogen-bond acceptors (Lipinski definition) is 1. The molecule has 104 valence electrons. The van der Waals surface area contributed by atoms with Crippen LogP contribution in [0.15, 0.2) is 30.3 Å². The van der Waals surface area contributed by atoms with Crippen molar-refractivity contribution in [2.75, 3.05) is 13.1 Å². The van der Waals surface area contributed by atoms with Crippen molar-refractivity contribution in [3.05, 3.63) is 35.9 Å². The lowest BCUT2D eigenvalue weighted by Crippen LogP contribution is -2.53. The lowest BCUT2D eigenvalue weighted by atomic mass is 9.50. The molecule has 1 aromatic carbocycles. The normalized spacial score (nSPS) is 34.5. The second-order valence-electron chi connectivity index (χ2n) is 7.12. The second-order valence-corrected chi connectivity index (χ2v) is 7.12. The Kier molecular flexibility index (Phi) is 3.66.